The van der Waals surface area contributed by atoms with Crippen LogP contribution in [-0.4, -0.2) is 19.7 Å². The van der Waals surface area contributed by atoms with Gasteiger partial charge in [0.15, 0.2) is 0 Å². The third kappa shape index (κ3) is 5.17. The minimum atomic E-state index is -4.82. The minimum Gasteiger partial charge on any atom is -0.406 e. The number of non-ortho nitro benzene ring substituents is 1. The zero-order valence-corrected chi connectivity index (χ0v) is 14.0. The van der Waals surface area contributed by atoms with E-state index in [0.29, 0.717) is 5.56 Å². The summed E-state index contributed by atoms with van der Waals surface area (Å²) < 4.78 is 67.1. The normalized spacial score (nSPS) is 13.2. The summed E-state index contributed by atoms with van der Waals surface area (Å²) in [5, 5.41) is 10.8. The summed E-state index contributed by atoms with van der Waals surface area (Å²) in [5.74, 6) is -0.435. The number of nitro groups is 1. The molecule has 0 aliphatic rings. The first-order valence-corrected chi connectivity index (χ1v) is 8.59. The van der Waals surface area contributed by atoms with E-state index >= 15 is 0 Å². The largest absolute Gasteiger partial charge is 0.573 e. The lowest BCUT2D eigenvalue weighted by molar-refractivity contribution is -0.385. The second-order valence-electron chi connectivity index (χ2n) is 5.21. The molecule has 0 bridgehead atoms. The van der Waals surface area contributed by atoms with Gasteiger partial charge in [0.25, 0.3) is 5.69 Å². The summed E-state index contributed by atoms with van der Waals surface area (Å²) >= 11 is 0. The highest BCUT2D eigenvalue weighted by atomic mass is 32.2. The maximum Gasteiger partial charge on any atom is 0.573 e. The van der Waals surface area contributed by atoms with Gasteiger partial charge < -0.3 is 4.74 Å². The molecule has 2 rings (SSSR count). The van der Waals surface area contributed by atoms with Crippen molar-refractivity contribution in [2.45, 2.75) is 24.2 Å². The molecule has 0 amide bonds. The number of benzene rings is 2. The first-order chi connectivity index (χ1) is 12.0. The van der Waals surface area contributed by atoms with Gasteiger partial charge in [-0.25, -0.2) is 13.1 Å². The van der Waals surface area contributed by atoms with Gasteiger partial charge in [0.1, 0.15) is 5.75 Å². The number of halogens is 3. The van der Waals surface area contributed by atoms with Crippen molar-refractivity contribution in [3.8, 4) is 5.75 Å². The Balaban J connectivity index is 2.16. The molecule has 26 heavy (non-hydrogen) atoms. The molecule has 1 unspecified atom stereocenters. The van der Waals surface area contributed by atoms with Crippen LogP contribution in [0.1, 0.15) is 18.5 Å². The van der Waals surface area contributed by atoms with Crippen LogP contribution in [0.15, 0.2) is 53.4 Å². The first kappa shape index (κ1) is 19.7. The molecule has 0 spiro atoms. The van der Waals surface area contributed by atoms with E-state index in [1.165, 1.54) is 31.2 Å². The van der Waals surface area contributed by atoms with E-state index in [-0.39, 0.29) is 10.6 Å². The third-order valence-corrected chi connectivity index (χ3v) is 4.82. The molecule has 2 aromatic rings. The fraction of sp³-hybridized carbons (Fsp3) is 0.200. The second-order valence-corrected chi connectivity index (χ2v) is 6.93. The average molecular weight is 390 g/mol. The number of nitrogens with zero attached hydrogens (tertiary/aromatic N) is 1. The van der Waals surface area contributed by atoms with Crippen molar-refractivity contribution < 1.29 is 31.2 Å². The van der Waals surface area contributed by atoms with Crippen LogP contribution < -0.4 is 9.46 Å². The number of sulfonamides is 1. The second kappa shape index (κ2) is 7.30. The van der Waals surface area contributed by atoms with Crippen molar-refractivity contribution in [3.63, 3.8) is 0 Å². The molecule has 1 N–H and O–H groups in total. The number of ether oxygens (including phenoxy) is 1. The Morgan fingerprint density at radius 3 is 2.31 bits per heavy atom. The molecule has 0 heterocycles. The van der Waals surface area contributed by atoms with Crippen LogP contribution in [0, 0.1) is 10.1 Å². The summed E-state index contributed by atoms with van der Waals surface area (Å²) in [5.41, 5.74) is 0.00251. The van der Waals surface area contributed by atoms with Gasteiger partial charge in [0, 0.05) is 18.2 Å². The van der Waals surface area contributed by atoms with Gasteiger partial charge >= 0.3 is 6.36 Å². The Bertz CT molecular complexity index is 898. The Kier molecular flexibility index (Phi) is 5.52. The standard InChI is InChI=1S/C15H13F3N2O5S/c1-10(11-5-7-13(8-6-11)25-15(16,17)18)19-26(23,24)14-4-2-3-12(9-14)20(21)22/h2-10,19H,1H3. The highest BCUT2D eigenvalue weighted by Crippen LogP contribution is 2.25. The van der Waals surface area contributed by atoms with E-state index in [1.807, 2.05) is 0 Å². The van der Waals surface area contributed by atoms with Crippen molar-refractivity contribution in [2.75, 3.05) is 0 Å². The molecular formula is C15H13F3N2O5S. The highest BCUT2D eigenvalue weighted by Gasteiger charge is 2.31. The highest BCUT2D eigenvalue weighted by molar-refractivity contribution is 7.89. The van der Waals surface area contributed by atoms with E-state index in [4.69, 9.17) is 0 Å². The Labute approximate surface area is 146 Å². The molecule has 1 atom stereocenters. The zero-order valence-electron chi connectivity index (χ0n) is 13.2. The fourth-order valence-corrected chi connectivity index (χ4v) is 3.36. The predicted octanol–water partition coefficient (Wildman–Crippen LogP) is 3.53. The summed E-state index contributed by atoms with van der Waals surface area (Å²) in [6.45, 7) is 1.48. The van der Waals surface area contributed by atoms with Crippen molar-refractivity contribution in [1.82, 2.24) is 4.72 Å². The number of nitrogens with one attached hydrogen (secondary N) is 1. The topological polar surface area (TPSA) is 98.5 Å². The van der Waals surface area contributed by atoms with Crippen LogP contribution in [0.3, 0.4) is 0 Å². The van der Waals surface area contributed by atoms with Gasteiger partial charge in [-0.2, -0.15) is 0 Å². The Hall–Kier alpha value is -2.66. The molecule has 0 saturated carbocycles. The molecule has 0 aliphatic heterocycles. The van der Waals surface area contributed by atoms with E-state index in [0.717, 1.165) is 24.3 Å². The monoisotopic (exact) mass is 390 g/mol. The summed E-state index contributed by atoms with van der Waals surface area (Å²) in [7, 11) is -4.07. The van der Waals surface area contributed by atoms with E-state index < -0.39 is 33.1 Å². The van der Waals surface area contributed by atoms with Crippen LogP contribution in [0.4, 0.5) is 18.9 Å². The minimum absolute atomic E-state index is 0.296. The lowest BCUT2D eigenvalue weighted by Crippen LogP contribution is -2.27. The third-order valence-electron chi connectivity index (χ3n) is 3.28. The number of hydrogen-bond donors (Lipinski definition) is 1. The van der Waals surface area contributed by atoms with Gasteiger partial charge in [-0.3, -0.25) is 10.1 Å². The number of alkyl halides is 3. The zero-order chi connectivity index (χ0) is 19.5. The van der Waals surface area contributed by atoms with Crippen molar-refractivity contribution in [1.29, 1.82) is 0 Å². The number of nitro benzene ring substituents is 1. The smallest absolute Gasteiger partial charge is 0.406 e. The van der Waals surface area contributed by atoms with Crippen LogP contribution in [0.2, 0.25) is 0 Å². The molecule has 11 heteroatoms. The number of hydrogen-bond acceptors (Lipinski definition) is 5. The van der Waals surface area contributed by atoms with Crippen LogP contribution in [-0.2, 0) is 10.0 Å². The molecule has 140 valence electrons. The molecule has 0 saturated heterocycles. The van der Waals surface area contributed by atoms with Crippen molar-refractivity contribution in [2.24, 2.45) is 0 Å². The quantitative estimate of drug-likeness (QED) is 0.601. The van der Waals surface area contributed by atoms with Crippen LogP contribution in [0.25, 0.3) is 0 Å². The van der Waals surface area contributed by atoms with Crippen LogP contribution in [0.5, 0.6) is 5.75 Å². The maximum atomic E-state index is 12.3. The van der Waals surface area contributed by atoms with Crippen LogP contribution >= 0.6 is 0 Å². The summed E-state index contributed by atoms with van der Waals surface area (Å²) in [6.07, 6.45) is -4.82. The lowest BCUT2D eigenvalue weighted by Gasteiger charge is -2.15. The van der Waals surface area contributed by atoms with Gasteiger partial charge in [-0.15, -0.1) is 13.2 Å². The average Bonchev–Trinajstić information content (AvgIpc) is 2.53. The predicted molar refractivity (Wildman–Crippen MR) is 85.0 cm³/mol. The fourth-order valence-electron chi connectivity index (χ4n) is 2.09. The van der Waals surface area contributed by atoms with E-state index in [2.05, 4.69) is 9.46 Å². The summed E-state index contributed by atoms with van der Waals surface area (Å²) in [4.78, 5) is 9.74. The molecular weight excluding hydrogens is 377 g/mol. The van der Waals surface area contributed by atoms with Gasteiger partial charge in [-0.1, -0.05) is 18.2 Å². The van der Waals surface area contributed by atoms with Gasteiger partial charge in [-0.05, 0) is 30.7 Å². The molecule has 0 aromatic heterocycles. The van der Waals surface area contributed by atoms with Gasteiger partial charge in [0.2, 0.25) is 10.0 Å². The maximum absolute atomic E-state index is 12.3. The SMILES string of the molecule is CC(NS(=O)(=O)c1cccc([N+](=O)[O-])c1)c1ccc(OC(F)(F)F)cc1. The van der Waals surface area contributed by atoms with Gasteiger partial charge in [0.05, 0.1) is 9.82 Å². The first-order valence-electron chi connectivity index (χ1n) is 7.10. The van der Waals surface area contributed by atoms with Crippen molar-refractivity contribution in [3.05, 3.63) is 64.2 Å². The molecule has 0 aliphatic carbocycles. The number of rotatable bonds is 6. The van der Waals surface area contributed by atoms with E-state index in [9.17, 15) is 31.7 Å². The van der Waals surface area contributed by atoms with E-state index in [1.54, 1.807) is 0 Å². The Morgan fingerprint density at radius 1 is 1.15 bits per heavy atom. The molecule has 7 nitrogen and oxygen atoms in total. The Morgan fingerprint density at radius 2 is 1.77 bits per heavy atom. The van der Waals surface area contributed by atoms with Crippen molar-refractivity contribution >= 4 is 15.7 Å². The summed E-state index contributed by atoms with van der Waals surface area (Å²) in [6, 6.07) is 8.38. The molecule has 2 aromatic carbocycles. The molecule has 0 fully saturated rings. The molecule has 0 radical (unpaired) electrons. The lowest BCUT2D eigenvalue weighted by atomic mass is 10.1.